The van der Waals surface area contributed by atoms with E-state index in [-0.39, 0.29) is 0 Å². The van der Waals surface area contributed by atoms with E-state index in [1.807, 2.05) is 36.4 Å². The molecule has 0 amide bonds. The number of nitriles is 2. The molecular formula is C64H42N4S2. The van der Waals surface area contributed by atoms with Crippen LogP contribution in [0.1, 0.15) is 11.1 Å². The third-order valence-corrected chi connectivity index (χ3v) is 14.0. The molecule has 70 heavy (non-hydrogen) atoms. The van der Waals surface area contributed by atoms with Crippen LogP contribution in [-0.4, -0.2) is 0 Å². The third-order valence-electron chi connectivity index (χ3n) is 12.9. The first-order valence-corrected chi connectivity index (χ1v) is 23.9. The van der Waals surface area contributed by atoms with Crippen molar-refractivity contribution in [1.29, 1.82) is 10.5 Å². The molecule has 0 aliphatic rings. The van der Waals surface area contributed by atoms with Gasteiger partial charge in [-0.15, -0.1) is 25.3 Å². The molecule has 11 rings (SSSR count). The molecule has 11 aromatic rings. The average Bonchev–Trinajstić information content (AvgIpc) is 3.43. The highest BCUT2D eigenvalue weighted by Crippen LogP contribution is 2.53. The summed E-state index contributed by atoms with van der Waals surface area (Å²) in [5.74, 6) is 0. The second-order valence-electron chi connectivity index (χ2n) is 17.1. The Kier molecular flexibility index (Phi) is 11.9. The van der Waals surface area contributed by atoms with Gasteiger partial charge in [-0.1, -0.05) is 170 Å². The Bertz CT molecular complexity index is 3340. The molecule has 0 radical (unpaired) electrons. The molecule has 6 heteroatoms. The Morgan fingerprint density at radius 1 is 0.286 bits per heavy atom. The summed E-state index contributed by atoms with van der Waals surface area (Å²) in [5, 5.41) is 23.9. The minimum atomic E-state index is 0.316. The van der Waals surface area contributed by atoms with Crippen molar-refractivity contribution in [2.45, 2.75) is 9.79 Å². The summed E-state index contributed by atoms with van der Waals surface area (Å²) in [4.78, 5) is 5.83. The number of nitrogens with zero attached hydrogens (tertiary/aromatic N) is 4. The Balaban J connectivity index is 1.19. The van der Waals surface area contributed by atoms with Crippen LogP contribution in [-0.2, 0) is 0 Å². The molecule has 0 aromatic heterocycles. The monoisotopic (exact) mass is 930 g/mol. The van der Waals surface area contributed by atoms with Crippen molar-refractivity contribution < 1.29 is 0 Å². The van der Waals surface area contributed by atoms with Crippen LogP contribution in [0.4, 0.5) is 34.1 Å². The van der Waals surface area contributed by atoms with Gasteiger partial charge in [0.2, 0.25) is 0 Å². The fourth-order valence-corrected chi connectivity index (χ4v) is 10.1. The van der Waals surface area contributed by atoms with Crippen LogP contribution >= 0.6 is 25.3 Å². The lowest BCUT2D eigenvalue weighted by molar-refractivity contribution is 1.16. The van der Waals surface area contributed by atoms with E-state index >= 15 is 0 Å². The molecule has 0 bridgehead atoms. The Morgan fingerprint density at radius 3 is 0.743 bits per heavy atom. The summed E-state index contributed by atoms with van der Waals surface area (Å²) in [7, 11) is 0. The Labute approximate surface area is 419 Å². The highest BCUT2D eigenvalue weighted by Gasteiger charge is 2.28. The molecule has 0 heterocycles. The van der Waals surface area contributed by atoms with Crippen LogP contribution in [0, 0.1) is 22.7 Å². The first-order valence-electron chi connectivity index (χ1n) is 23.0. The number of hydrogen-bond acceptors (Lipinski definition) is 6. The van der Waals surface area contributed by atoms with Gasteiger partial charge < -0.3 is 9.80 Å². The molecule has 0 unspecified atom stereocenters. The Morgan fingerprint density at radius 2 is 0.514 bits per heavy atom. The van der Waals surface area contributed by atoms with Crippen molar-refractivity contribution in [3.8, 4) is 56.6 Å². The van der Waals surface area contributed by atoms with E-state index in [1.165, 1.54) is 0 Å². The van der Waals surface area contributed by atoms with Crippen LogP contribution in [0.15, 0.2) is 252 Å². The summed E-state index contributed by atoms with van der Waals surface area (Å²) in [6, 6.07) is 88.5. The average molecular weight is 931 g/mol. The van der Waals surface area contributed by atoms with Crippen molar-refractivity contribution in [3.05, 3.63) is 254 Å². The van der Waals surface area contributed by atoms with Gasteiger partial charge in [-0.25, -0.2) is 0 Å². The van der Waals surface area contributed by atoms with E-state index in [0.717, 1.165) is 100 Å². The minimum absolute atomic E-state index is 0.316. The van der Waals surface area contributed by atoms with Crippen LogP contribution in [0.2, 0.25) is 0 Å². The number of fused-ring (bicyclic) bond motifs is 2. The summed E-state index contributed by atoms with van der Waals surface area (Å²) in [6.45, 7) is 0. The SMILES string of the molecule is N#Cc1cc2cc3c(N(c4ccc(-c5ccccc5)cc4)c4ccc(-c5ccccc5)cc4)c(S)c(S)c(N(c4ccc(-c5ccccc5)cc4)c4ccc(-c5ccccc5)cc4)c3cc2cc1C#N. The van der Waals surface area contributed by atoms with E-state index in [1.54, 1.807) is 0 Å². The largest absolute Gasteiger partial charge is 0.309 e. The molecule has 0 fully saturated rings. The topological polar surface area (TPSA) is 54.1 Å². The predicted octanol–water partition coefficient (Wildman–Crippen LogP) is 17.9. The van der Waals surface area contributed by atoms with Gasteiger partial charge in [-0.05, 0) is 128 Å². The lowest BCUT2D eigenvalue weighted by atomic mass is 9.95. The lowest BCUT2D eigenvalue weighted by Crippen LogP contribution is -2.15. The molecular weight excluding hydrogens is 889 g/mol. The van der Waals surface area contributed by atoms with Gasteiger partial charge in [-0.3, -0.25) is 0 Å². The molecule has 0 atom stereocenters. The number of rotatable bonds is 10. The van der Waals surface area contributed by atoms with E-state index < -0.39 is 0 Å². The maximum absolute atomic E-state index is 10.3. The molecule has 330 valence electrons. The minimum Gasteiger partial charge on any atom is -0.309 e. The van der Waals surface area contributed by atoms with Crippen LogP contribution in [0.5, 0.6) is 0 Å². The number of anilines is 6. The molecule has 0 spiro atoms. The second-order valence-corrected chi connectivity index (χ2v) is 18.0. The quantitative estimate of drug-likeness (QED) is 0.106. The van der Waals surface area contributed by atoms with Crippen molar-refractivity contribution in [2.24, 2.45) is 0 Å². The van der Waals surface area contributed by atoms with Gasteiger partial charge in [0.05, 0.1) is 22.5 Å². The Hall–Kier alpha value is -8.78. The molecule has 0 aliphatic heterocycles. The van der Waals surface area contributed by atoms with Gasteiger partial charge in [0.15, 0.2) is 0 Å². The molecule has 11 aromatic carbocycles. The first-order chi connectivity index (χ1) is 34.4. The summed E-state index contributed by atoms with van der Waals surface area (Å²) in [5.41, 5.74) is 14.8. The fraction of sp³-hybridized carbons (Fsp3) is 0. The fourth-order valence-electron chi connectivity index (χ4n) is 9.41. The number of hydrogen-bond donors (Lipinski definition) is 2. The van der Waals surface area contributed by atoms with Crippen molar-refractivity contribution in [2.75, 3.05) is 9.80 Å². The predicted molar refractivity (Wildman–Crippen MR) is 296 cm³/mol. The van der Waals surface area contributed by atoms with Gasteiger partial charge in [0.25, 0.3) is 0 Å². The maximum Gasteiger partial charge on any atom is 0.101 e. The summed E-state index contributed by atoms with van der Waals surface area (Å²) < 4.78 is 0. The standard InChI is InChI=1S/C64H42N4S2/c65-41-53-37-51-39-59-60(40-52(51)38-54(53)42-66)62(68(57-33-25-49(26-34-57)45-17-9-3-10-18-45)58-35-27-50(28-36-58)46-19-11-4-12-20-46)64(70)63(69)61(59)67(55-29-21-47(22-30-55)43-13-5-1-6-14-43)56-31-23-48(24-32-56)44-15-7-2-8-16-44/h1-40,69-70H. The maximum atomic E-state index is 10.3. The van der Waals surface area contributed by atoms with E-state index in [0.29, 0.717) is 20.9 Å². The molecule has 0 saturated heterocycles. The summed E-state index contributed by atoms with van der Waals surface area (Å²) in [6.07, 6.45) is 0. The lowest BCUT2D eigenvalue weighted by Gasteiger charge is -2.33. The van der Waals surface area contributed by atoms with Gasteiger partial charge >= 0.3 is 0 Å². The summed E-state index contributed by atoms with van der Waals surface area (Å²) >= 11 is 11.0. The van der Waals surface area contributed by atoms with Crippen molar-refractivity contribution in [3.63, 3.8) is 0 Å². The van der Waals surface area contributed by atoms with E-state index in [9.17, 15) is 10.5 Å². The smallest absolute Gasteiger partial charge is 0.101 e. The van der Waals surface area contributed by atoms with Gasteiger partial charge in [-0.2, -0.15) is 10.5 Å². The highest BCUT2D eigenvalue weighted by atomic mass is 32.1. The zero-order valence-electron chi connectivity index (χ0n) is 37.8. The van der Waals surface area contributed by atoms with E-state index in [2.05, 4.69) is 228 Å². The molecule has 0 saturated carbocycles. The van der Waals surface area contributed by atoms with Crippen molar-refractivity contribution in [1.82, 2.24) is 0 Å². The van der Waals surface area contributed by atoms with Crippen LogP contribution in [0.3, 0.4) is 0 Å². The normalized spacial score (nSPS) is 11.0. The van der Waals surface area contributed by atoms with Crippen LogP contribution < -0.4 is 9.80 Å². The molecule has 0 aliphatic carbocycles. The molecule has 0 N–H and O–H groups in total. The second kappa shape index (κ2) is 19.1. The van der Waals surface area contributed by atoms with Gasteiger partial charge in [0.1, 0.15) is 12.1 Å². The van der Waals surface area contributed by atoms with Crippen LogP contribution in [0.25, 0.3) is 66.1 Å². The first kappa shape index (κ1) is 43.8. The molecule has 4 nitrogen and oxygen atoms in total. The number of thiol groups is 2. The van der Waals surface area contributed by atoms with Crippen molar-refractivity contribution >= 4 is 80.9 Å². The van der Waals surface area contributed by atoms with E-state index in [4.69, 9.17) is 25.3 Å². The third kappa shape index (κ3) is 8.33. The zero-order valence-corrected chi connectivity index (χ0v) is 39.6. The highest BCUT2D eigenvalue weighted by molar-refractivity contribution is 7.83. The zero-order chi connectivity index (χ0) is 47.6. The number of benzene rings is 11. The van der Waals surface area contributed by atoms with Gasteiger partial charge in [0, 0.05) is 43.3 Å².